The molecule has 0 spiro atoms. The van der Waals surface area contributed by atoms with Gasteiger partial charge in [0.2, 0.25) is 0 Å². The highest BCUT2D eigenvalue weighted by atomic mass is 79.9. The Balaban J connectivity index is 1.61. The van der Waals surface area contributed by atoms with Gasteiger partial charge in [0.15, 0.2) is 11.6 Å². The van der Waals surface area contributed by atoms with Gasteiger partial charge in [-0.25, -0.2) is 23.5 Å². The first-order chi connectivity index (χ1) is 17.3. The van der Waals surface area contributed by atoms with Gasteiger partial charge in [-0.05, 0) is 51.3 Å². The Kier molecular flexibility index (Phi) is 5.17. The largest absolute Gasteiger partial charge is 0.508 e. The number of allylic oxidation sites excluding steroid dienone is 6. The van der Waals surface area contributed by atoms with Crippen molar-refractivity contribution < 1.29 is 14.7 Å². The summed E-state index contributed by atoms with van der Waals surface area (Å²) in [5.74, 6) is -1.45. The summed E-state index contributed by atoms with van der Waals surface area (Å²) in [5.41, 5.74) is 1.19. The van der Waals surface area contributed by atoms with Crippen LogP contribution in [0.1, 0.15) is 23.9 Å². The van der Waals surface area contributed by atoms with Crippen LogP contribution in [0.15, 0.2) is 91.5 Å². The van der Waals surface area contributed by atoms with Crippen LogP contribution in [-0.4, -0.2) is 30.6 Å². The Morgan fingerprint density at radius 1 is 1.00 bits per heavy atom. The van der Waals surface area contributed by atoms with Crippen LogP contribution in [0, 0.1) is 0 Å². The molecule has 180 valence electrons. The molecular formula is C26H17BrClN3O5. The lowest BCUT2D eigenvalue weighted by Gasteiger charge is -2.39. The molecule has 0 bridgehead atoms. The molecule has 1 N–H and O–H groups in total. The van der Waals surface area contributed by atoms with E-state index < -0.39 is 23.3 Å². The Hall–Kier alpha value is -3.69. The van der Waals surface area contributed by atoms with Gasteiger partial charge in [-0.3, -0.25) is 9.59 Å². The molecule has 0 saturated heterocycles. The van der Waals surface area contributed by atoms with Crippen molar-refractivity contribution in [2.75, 3.05) is 0 Å². The van der Waals surface area contributed by atoms with Crippen molar-refractivity contribution >= 4 is 39.1 Å². The monoisotopic (exact) mass is 565 g/mol. The molecule has 3 aromatic rings. The van der Waals surface area contributed by atoms with E-state index in [-0.39, 0.29) is 45.4 Å². The molecule has 10 heteroatoms. The highest BCUT2D eigenvalue weighted by Gasteiger charge is 2.45. The van der Waals surface area contributed by atoms with Gasteiger partial charge in [-0.15, -0.1) is 0 Å². The van der Waals surface area contributed by atoms with Gasteiger partial charge in [0.1, 0.15) is 5.75 Å². The quantitative estimate of drug-likeness (QED) is 0.378. The standard InChI is InChI=1S/C26H17BrClN3O5/c27-18-12-21(33)23-17(24(18)34)11-20-16(22(23)15-7-6-14(32)10-19(15)28)8-9-29-25(35)30(26(36)31(20)29)13-4-2-1-3-5-13/h1-8,10,12,20,22,32H,9,11H2. The van der Waals surface area contributed by atoms with Crippen molar-refractivity contribution in [1.29, 1.82) is 0 Å². The van der Waals surface area contributed by atoms with Gasteiger partial charge < -0.3 is 5.11 Å². The van der Waals surface area contributed by atoms with Gasteiger partial charge in [-0.1, -0.05) is 41.9 Å². The van der Waals surface area contributed by atoms with E-state index in [1.54, 1.807) is 36.4 Å². The molecular weight excluding hydrogens is 550 g/mol. The number of hydrogen-bond donors (Lipinski definition) is 1. The summed E-state index contributed by atoms with van der Waals surface area (Å²) in [7, 11) is 0. The van der Waals surface area contributed by atoms with E-state index in [9.17, 15) is 24.3 Å². The minimum Gasteiger partial charge on any atom is -0.508 e. The van der Waals surface area contributed by atoms with E-state index in [1.807, 2.05) is 6.08 Å². The Labute approximate surface area is 217 Å². The van der Waals surface area contributed by atoms with Crippen LogP contribution >= 0.6 is 27.5 Å². The molecule has 0 radical (unpaired) electrons. The van der Waals surface area contributed by atoms with Crippen LogP contribution in [0.25, 0.3) is 5.69 Å². The normalized spacial score (nSPS) is 20.9. The molecule has 2 aliphatic carbocycles. The van der Waals surface area contributed by atoms with E-state index in [0.717, 1.165) is 4.57 Å². The number of carbonyl (C=O) groups is 2. The van der Waals surface area contributed by atoms with E-state index in [2.05, 4.69) is 15.9 Å². The van der Waals surface area contributed by atoms with Crippen LogP contribution in [-0.2, 0) is 16.1 Å². The number of benzene rings is 2. The molecule has 1 aromatic heterocycles. The van der Waals surface area contributed by atoms with Gasteiger partial charge in [0.25, 0.3) is 0 Å². The Morgan fingerprint density at radius 3 is 2.47 bits per heavy atom. The number of Topliss-reactive ketones (excluding diaryl/α,β-unsaturated/α-hetero) is 1. The van der Waals surface area contributed by atoms with Crippen molar-refractivity contribution in [1.82, 2.24) is 13.9 Å². The average molecular weight is 567 g/mol. The molecule has 8 nitrogen and oxygen atoms in total. The SMILES string of the molecule is O=C1C=C(Br)C(=O)C2=C1C(c1ccc(O)cc1Cl)C1=CCn3c(=O)n(-c4ccccc4)c(=O)n3C1C2. The maximum atomic E-state index is 13.6. The second-order valence-electron chi connectivity index (χ2n) is 8.80. The van der Waals surface area contributed by atoms with Crippen LogP contribution < -0.4 is 11.4 Å². The number of rotatable bonds is 2. The topological polar surface area (TPSA) is 103 Å². The van der Waals surface area contributed by atoms with E-state index >= 15 is 0 Å². The van der Waals surface area contributed by atoms with Crippen molar-refractivity contribution in [2.24, 2.45) is 0 Å². The fraction of sp³-hybridized carbons (Fsp3) is 0.154. The molecule has 2 aromatic carbocycles. The third-order valence-electron chi connectivity index (χ3n) is 6.91. The first kappa shape index (κ1) is 22.8. The third kappa shape index (κ3) is 3.19. The summed E-state index contributed by atoms with van der Waals surface area (Å²) in [5, 5.41) is 10.1. The summed E-state index contributed by atoms with van der Waals surface area (Å²) < 4.78 is 3.97. The number of para-hydroxylation sites is 1. The van der Waals surface area contributed by atoms with Crippen LogP contribution in [0.2, 0.25) is 5.02 Å². The average Bonchev–Trinajstić information content (AvgIpc) is 3.12. The van der Waals surface area contributed by atoms with Crippen molar-refractivity contribution in [2.45, 2.75) is 24.9 Å². The highest BCUT2D eigenvalue weighted by Crippen LogP contribution is 2.51. The maximum Gasteiger partial charge on any atom is 0.352 e. The molecule has 2 heterocycles. The fourth-order valence-corrected chi connectivity index (χ4v) is 6.11. The van der Waals surface area contributed by atoms with Crippen molar-refractivity contribution in [3.63, 3.8) is 0 Å². The number of aromatic nitrogens is 3. The van der Waals surface area contributed by atoms with E-state index in [4.69, 9.17) is 11.6 Å². The molecule has 0 amide bonds. The zero-order valence-electron chi connectivity index (χ0n) is 18.5. The molecule has 2 unspecified atom stereocenters. The first-order valence-corrected chi connectivity index (χ1v) is 12.3. The smallest absolute Gasteiger partial charge is 0.352 e. The summed E-state index contributed by atoms with van der Waals surface area (Å²) in [6, 6.07) is 12.4. The minimum absolute atomic E-state index is 0.0402. The molecule has 3 aliphatic rings. The van der Waals surface area contributed by atoms with Crippen LogP contribution in [0.4, 0.5) is 0 Å². The summed E-state index contributed by atoms with van der Waals surface area (Å²) in [6.07, 6.45) is 3.14. The predicted octanol–water partition coefficient (Wildman–Crippen LogP) is 3.56. The number of nitrogens with zero attached hydrogens (tertiary/aromatic N) is 3. The van der Waals surface area contributed by atoms with Gasteiger partial charge in [0, 0.05) is 34.6 Å². The third-order valence-corrected chi connectivity index (χ3v) is 7.82. The maximum absolute atomic E-state index is 13.6. The lowest BCUT2D eigenvalue weighted by molar-refractivity contribution is -0.115. The summed E-state index contributed by atoms with van der Waals surface area (Å²) in [4.78, 5) is 53.3. The van der Waals surface area contributed by atoms with Gasteiger partial charge >= 0.3 is 11.4 Å². The number of ketones is 2. The Bertz CT molecular complexity index is 1710. The predicted molar refractivity (Wildman–Crippen MR) is 136 cm³/mol. The number of halogens is 2. The van der Waals surface area contributed by atoms with Crippen molar-refractivity contribution in [3.05, 3.63) is 113 Å². The highest BCUT2D eigenvalue weighted by molar-refractivity contribution is 9.12. The van der Waals surface area contributed by atoms with E-state index in [0.29, 0.717) is 22.4 Å². The number of phenolic OH excluding ortho intramolecular Hbond substituents is 1. The molecule has 0 fully saturated rings. The van der Waals surface area contributed by atoms with E-state index in [1.165, 1.54) is 27.6 Å². The fourth-order valence-electron chi connectivity index (χ4n) is 5.38. The molecule has 6 rings (SSSR count). The molecule has 0 saturated carbocycles. The van der Waals surface area contributed by atoms with Crippen molar-refractivity contribution in [3.8, 4) is 11.4 Å². The molecule has 2 atom stereocenters. The number of aromatic hydroxyl groups is 1. The number of phenols is 1. The lowest BCUT2D eigenvalue weighted by Crippen LogP contribution is -2.40. The number of fused-ring (bicyclic) bond motifs is 3. The summed E-state index contributed by atoms with van der Waals surface area (Å²) in [6.45, 7) is 0.107. The summed E-state index contributed by atoms with van der Waals surface area (Å²) >= 11 is 9.71. The number of hydrogen-bond acceptors (Lipinski definition) is 5. The second-order valence-corrected chi connectivity index (χ2v) is 10.1. The zero-order valence-corrected chi connectivity index (χ0v) is 20.9. The minimum atomic E-state index is -0.726. The van der Waals surface area contributed by atoms with Gasteiger partial charge in [0.05, 0.1) is 22.8 Å². The first-order valence-electron chi connectivity index (χ1n) is 11.2. The lowest BCUT2D eigenvalue weighted by atomic mass is 9.69. The Morgan fingerprint density at radius 2 is 1.75 bits per heavy atom. The van der Waals surface area contributed by atoms with Crippen LogP contribution in [0.3, 0.4) is 0 Å². The molecule has 1 aliphatic heterocycles. The number of carbonyl (C=O) groups excluding carboxylic acids is 2. The zero-order chi connectivity index (χ0) is 25.3. The molecule has 36 heavy (non-hydrogen) atoms. The second kappa shape index (κ2) is 8.18. The van der Waals surface area contributed by atoms with Crippen LogP contribution in [0.5, 0.6) is 5.75 Å². The van der Waals surface area contributed by atoms with Gasteiger partial charge in [-0.2, -0.15) is 0 Å².